The molecule has 1 N–H and O–H groups in total. The molecule has 0 spiro atoms. The molecule has 144 valence electrons. The summed E-state index contributed by atoms with van der Waals surface area (Å²) >= 11 is 12.2. The number of hydrogen-bond acceptors (Lipinski definition) is 6. The molecule has 2 amide bonds. The van der Waals surface area contributed by atoms with Gasteiger partial charge in [-0.3, -0.25) is 9.59 Å². The lowest BCUT2D eigenvalue weighted by atomic mass is 10.0. The van der Waals surface area contributed by atoms with Gasteiger partial charge in [-0.25, -0.2) is 13.1 Å². The number of diazo groups is 1. The Morgan fingerprint density at radius 1 is 1.39 bits per heavy atom. The van der Waals surface area contributed by atoms with Gasteiger partial charge in [-0.1, -0.05) is 35.3 Å². The zero-order chi connectivity index (χ0) is 20.6. The molecule has 8 nitrogen and oxygen atoms in total. The van der Waals surface area contributed by atoms with Crippen LogP contribution in [0.25, 0.3) is 11.1 Å². The van der Waals surface area contributed by atoms with Crippen molar-refractivity contribution in [1.82, 2.24) is 4.72 Å². The molecule has 2 heterocycles. The molecule has 1 aromatic heterocycles. The summed E-state index contributed by atoms with van der Waals surface area (Å²) in [6.45, 7) is 0. The van der Waals surface area contributed by atoms with Crippen LogP contribution >= 0.6 is 34.5 Å². The lowest BCUT2D eigenvalue weighted by molar-refractivity contribution is -0.118. The van der Waals surface area contributed by atoms with Crippen LogP contribution in [0.15, 0.2) is 34.6 Å². The Morgan fingerprint density at radius 2 is 2.11 bits per heavy atom. The first kappa shape index (κ1) is 20.3. The smallest absolute Gasteiger partial charge is 0.308 e. The molecule has 1 aliphatic rings. The molecule has 0 saturated carbocycles. The molecule has 1 aliphatic heterocycles. The van der Waals surface area contributed by atoms with Crippen molar-refractivity contribution in [1.29, 1.82) is 5.39 Å². The lowest BCUT2D eigenvalue weighted by Crippen LogP contribution is -2.28. The number of amides is 2. The van der Waals surface area contributed by atoms with Crippen molar-refractivity contribution in [2.45, 2.75) is 10.3 Å². The Kier molecular flexibility index (Phi) is 5.45. The quantitative estimate of drug-likeness (QED) is 0.557. The molecule has 1 unspecified atom stereocenters. The second-order valence-corrected chi connectivity index (χ2v) is 9.66. The van der Waals surface area contributed by atoms with E-state index in [0.29, 0.717) is 16.8 Å². The summed E-state index contributed by atoms with van der Waals surface area (Å²) in [4.78, 5) is 28.7. The van der Waals surface area contributed by atoms with Gasteiger partial charge in [-0.05, 0) is 23.8 Å². The Labute approximate surface area is 174 Å². The Morgan fingerprint density at radius 3 is 2.71 bits per heavy atom. The summed E-state index contributed by atoms with van der Waals surface area (Å²) < 4.78 is 26.2. The first-order valence-electron chi connectivity index (χ1n) is 7.60. The second kappa shape index (κ2) is 7.52. The van der Waals surface area contributed by atoms with E-state index < -0.39 is 27.9 Å². The van der Waals surface area contributed by atoms with E-state index in [2.05, 4.69) is 4.98 Å². The van der Waals surface area contributed by atoms with E-state index in [-0.39, 0.29) is 13.6 Å². The molecule has 28 heavy (non-hydrogen) atoms. The van der Waals surface area contributed by atoms with Gasteiger partial charge in [-0.15, -0.1) is 11.3 Å². The highest BCUT2D eigenvalue weighted by Crippen LogP contribution is 2.40. The third-order valence-corrected chi connectivity index (χ3v) is 7.65. The third kappa shape index (κ3) is 3.62. The van der Waals surface area contributed by atoms with Crippen molar-refractivity contribution in [3.05, 3.63) is 55.8 Å². The zero-order valence-corrected chi connectivity index (χ0v) is 17.2. The highest BCUT2D eigenvalue weighted by atomic mass is 35.5. The van der Waals surface area contributed by atoms with Crippen molar-refractivity contribution in [2.75, 3.05) is 11.9 Å². The second-order valence-electron chi connectivity index (χ2n) is 5.69. The van der Waals surface area contributed by atoms with E-state index in [9.17, 15) is 23.4 Å². The number of thiophene rings is 1. The number of nitrogens with one attached hydrogen (secondary N) is 1. The minimum absolute atomic E-state index is 0.0717. The van der Waals surface area contributed by atoms with E-state index in [1.165, 1.54) is 18.0 Å². The summed E-state index contributed by atoms with van der Waals surface area (Å²) in [5.74, 6) is -1.33. The predicted molar refractivity (Wildman–Crippen MR) is 106 cm³/mol. The van der Waals surface area contributed by atoms with Gasteiger partial charge in [0.25, 0.3) is 15.9 Å². The number of carbonyl (C=O) groups is 2. The zero-order valence-electron chi connectivity index (χ0n) is 14.1. The molecule has 12 heteroatoms. The molecule has 3 rings (SSSR count). The van der Waals surface area contributed by atoms with Gasteiger partial charge in [0.1, 0.15) is 13.5 Å². The van der Waals surface area contributed by atoms with Gasteiger partial charge < -0.3 is 4.90 Å². The first-order chi connectivity index (χ1) is 13.2. The summed E-state index contributed by atoms with van der Waals surface area (Å²) in [6.07, 6.45) is 2.34. The number of fused-ring (bicyclic) bond motifs is 1. The minimum atomic E-state index is -4.13. The molecule has 1 atom stereocenters. The van der Waals surface area contributed by atoms with Crippen molar-refractivity contribution in [2.24, 2.45) is 0 Å². The third-order valence-electron chi connectivity index (χ3n) is 3.97. The van der Waals surface area contributed by atoms with Gasteiger partial charge in [0, 0.05) is 13.1 Å². The number of anilines is 1. The van der Waals surface area contributed by atoms with Crippen molar-refractivity contribution in [3.63, 3.8) is 0 Å². The van der Waals surface area contributed by atoms with Crippen molar-refractivity contribution in [3.8, 4) is 0 Å². The summed E-state index contributed by atoms with van der Waals surface area (Å²) in [5.41, 5.74) is 1.39. The molecule has 0 fully saturated rings. The van der Waals surface area contributed by atoms with E-state index >= 15 is 0 Å². The van der Waals surface area contributed by atoms with E-state index in [1.54, 1.807) is 18.2 Å². The maximum Gasteiger partial charge on any atom is 0.418 e. The van der Waals surface area contributed by atoms with Crippen molar-refractivity contribution >= 4 is 68.1 Å². The topological polar surface area (TPSA) is 112 Å². The number of hydrogen-bond donors (Lipinski definition) is 1. The molecule has 0 bridgehead atoms. The van der Waals surface area contributed by atoms with Crippen LogP contribution in [0.5, 0.6) is 0 Å². The largest absolute Gasteiger partial charge is 0.418 e. The van der Waals surface area contributed by atoms with Crippen LogP contribution in [-0.4, -0.2) is 27.3 Å². The first-order valence-corrected chi connectivity index (χ1v) is 10.7. The predicted octanol–water partition coefficient (Wildman–Crippen LogP) is 3.44. The fraction of sp³-hybridized carbons (Fsp3) is 0.125. The standard InChI is InChI=1S/C16H10Cl2N4O4S2/c1-22-10-4-2-3-8(13(10)14(20-19)16(22)24)5-6-11(23)21-28(25,26)12-7-9(17)15(18)27-12/h2-7,14H,1H3/p+1. The number of rotatable bonds is 4. The lowest BCUT2D eigenvalue weighted by Gasteiger charge is -2.08. The van der Waals surface area contributed by atoms with Gasteiger partial charge in [-0.2, -0.15) is 0 Å². The number of benzene rings is 1. The van der Waals surface area contributed by atoms with Crippen LogP contribution in [0.3, 0.4) is 0 Å². The number of halogens is 2. The molecule has 1 aromatic carbocycles. The number of carbonyl (C=O) groups excluding carboxylic acids is 2. The normalized spacial score (nSPS) is 16.3. The Bertz CT molecular complexity index is 1150. The van der Waals surface area contributed by atoms with Gasteiger partial charge in [0.15, 0.2) is 0 Å². The van der Waals surface area contributed by atoms with Crippen molar-refractivity contribution < 1.29 is 18.0 Å². The Balaban J connectivity index is 1.85. The molecule has 0 aliphatic carbocycles. The van der Waals surface area contributed by atoms with Gasteiger partial charge in [0.2, 0.25) is 5.39 Å². The number of likely N-dealkylation sites (N-methyl/N-ethyl adjacent to an activating group) is 1. The average molecular weight is 458 g/mol. The average Bonchev–Trinajstić information content (AvgIpc) is 3.11. The van der Waals surface area contributed by atoms with Crippen LogP contribution in [0, 0.1) is 5.39 Å². The van der Waals surface area contributed by atoms with E-state index in [0.717, 1.165) is 23.5 Å². The van der Waals surface area contributed by atoms with Crippen LogP contribution < -0.4 is 9.62 Å². The summed E-state index contributed by atoms with van der Waals surface area (Å²) in [6, 6.07) is 4.98. The maximum absolute atomic E-state index is 12.2. The fourth-order valence-corrected chi connectivity index (χ4v) is 5.51. The van der Waals surface area contributed by atoms with Crippen LogP contribution in [0.4, 0.5) is 5.69 Å². The molecular formula is C16H11Cl2N4O4S2+. The summed E-state index contributed by atoms with van der Waals surface area (Å²) in [5, 5.41) is 9.25. The molecule has 2 aromatic rings. The highest BCUT2D eigenvalue weighted by molar-refractivity contribution is 7.92. The molecule has 0 radical (unpaired) electrons. The fourth-order valence-electron chi connectivity index (χ4n) is 2.68. The maximum atomic E-state index is 12.2. The summed E-state index contributed by atoms with van der Waals surface area (Å²) in [7, 11) is -2.59. The monoisotopic (exact) mass is 457 g/mol. The molecular weight excluding hydrogens is 447 g/mol. The molecule has 0 saturated heterocycles. The SMILES string of the molecule is CN1C(=O)C([N+]#N)c2c(C=CC(=O)NS(=O)(=O)c3cc(Cl)c(Cl)s3)cccc21. The van der Waals surface area contributed by atoms with E-state index in [1.807, 2.05) is 4.72 Å². The number of nitrogens with zero attached hydrogens (tertiary/aromatic N) is 3. The van der Waals surface area contributed by atoms with Crippen LogP contribution in [0.1, 0.15) is 17.2 Å². The van der Waals surface area contributed by atoms with Gasteiger partial charge >= 0.3 is 11.9 Å². The van der Waals surface area contributed by atoms with E-state index in [4.69, 9.17) is 23.2 Å². The van der Waals surface area contributed by atoms with Gasteiger partial charge in [0.05, 0.1) is 16.3 Å². The minimum Gasteiger partial charge on any atom is -0.308 e. The Hall–Kier alpha value is -2.45. The highest BCUT2D eigenvalue weighted by Gasteiger charge is 2.46. The number of sulfonamides is 1. The van der Waals surface area contributed by atoms with Crippen LogP contribution in [-0.2, 0) is 19.6 Å². The van der Waals surface area contributed by atoms with Crippen LogP contribution in [0.2, 0.25) is 9.36 Å².